The second kappa shape index (κ2) is 3.46. The lowest BCUT2D eigenvalue weighted by molar-refractivity contribution is 0.0686. The summed E-state index contributed by atoms with van der Waals surface area (Å²) in [5, 5.41) is 14.3. The number of aromatic carboxylic acids is 1. The smallest absolute Gasteiger partial charge is 0.358 e. The molecule has 0 unspecified atom stereocenters. The minimum atomic E-state index is -1.09. The van der Waals surface area contributed by atoms with Crippen molar-refractivity contribution >= 4 is 22.1 Å². The van der Waals surface area contributed by atoms with Gasteiger partial charge in [0.05, 0.1) is 10.5 Å². The van der Waals surface area contributed by atoms with Crippen LogP contribution in [0, 0.1) is 6.92 Å². The number of thiazole rings is 1. The maximum Gasteiger partial charge on any atom is 0.358 e. The van der Waals surface area contributed by atoms with Gasteiger partial charge >= 0.3 is 5.97 Å². The van der Waals surface area contributed by atoms with Gasteiger partial charge in [-0.2, -0.15) is 0 Å². The SMILES string of the molecule is Cc1cc2sccn2c1-c1cc(C(=O)O)no1. The number of aryl methyl sites for hydroxylation is 1. The normalized spacial score (nSPS) is 11.1. The van der Waals surface area contributed by atoms with Crippen molar-refractivity contribution in [3.05, 3.63) is 35.0 Å². The van der Waals surface area contributed by atoms with Gasteiger partial charge in [0, 0.05) is 17.6 Å². The van der Waals surface area contributed by atoms with Gasteiger partial charge in [-0.3, -0.25) is 0 Å². The van der Waals surface area contributed by atoms with Crippen LogP contribution in [0.4, 0.5) is 0 Å². The van der Waals surface area contributed by atoms with Crippen LogP contribution >= 0.6 is 11.3 Å². The van der Waals surface area contributed by atoms with Crippen LogP contribution in [0.3, 0.4) is 0 Å². The molecule has 0 saturated carbocycles. The molecule has 3 rings (SSSR count). The molecule has 0 radical (unpaired) electrons. The summed E-state index contributed by atoms with van der Waals surface area (Å²) in [6.07, 6.45) is 1.92. The lowest BCUT2D eigenvalue weighted by Gasteiger charge is -1.95. The molecule has 3 heterocycles. The highest BCUT2D eigenvalue weighted by Gasteiger charge is 2.17. The monoisotopic (exact) mass is 248 g/mol. The quantitative estimate of drug-likeness (QED) is 0.757. The standard InChI is InChI=1S/C11H8N2O3S/c1-6-4-9-13(2-3-17-9)10(6)8-5-7(11(14)15)12-16-8/h2-5H,1H3,(H,14,15). The lowest BCUT2D eigenvalue weighted by Crippen LogP contribution is -1.94. The molecule has 1 N–H and O–H groups in total. The van der Waals surface area contributed by atoms with Gasteiger partial charge in [-0.25, -0.2) is 4.79 Å². The van der Waals surface area contributed by atoms with Gasteiger partial charge in [-0.15, -0.1) is 11.3 Å². The molecule has 0 saturated heterocycles. The summed E-state index contributed by atoms with van der Waals surface area (Å²) < 4.78 is 7.05. The molecule has 3 aromatic rings. The van der Waals surface area contributed by atoms with Crippen LogP contribution < -0.4 is 0 Å². The number of hydrogen-bond acceptors (Lipinski definition) is 4. The summed E-state index contributed by atoms with van der Waals surface area (Å²) in [5.41, 5.74) is 1.80. The molecule has 0 fully saturated rings. The second-order valence-corrected chi connectivity index (χ2v) is 4.59. The Hall–Kier alpha value is -2.08. The van der Waals surface area contributed by atoms with E-state index in [-0.39, 0.29) is 5.69 Å². The topological polar surface area (TPSA) is 67.7 Å². The molecule has 0 aliphatic rings. The van der Waals surface area contributed by atoms with E-state index in [4.69, 9.17) is 9.63 Å². The van der Waals surface area contributed by atoms with Crippen molar-refractivity contribution in [1.82, 2.24) is 9.56 Å². The summed E-state index contributed by atoms with van der Waals surface area (Å²) in [6, 6.07) is 3.47. The lowest BCUT2D eigenvalue weighted by atomic mass is 10.2. The third-order valence-corrected chi connectivity index (χ3v) is 3.37. The van der Waals surface area contributed by atoms with Crippen molar-refractivity contribution in [2.45, 2.75) is 6.92 Å². The Bertz CT molecular complexity index is 707. The van der Waals surface area contributed by atoms with E-state index in [1.807, 2.05) is 29.0 Å². The molecule has 0 spiro atoms. The first-order valence-electron chi connectivity index (χ1n) is 4.92. The molecule has 3 aromatic heterocycles. The molecule has 0 amide bonds. The van der Waals surface area contributed by atoms with E-state index in [2.05, 4.69) is 5.16 Å². The maximum atomic E-state index is 10.8. The first-order valence-corrected chi connectivity index (χ1v) is 5.80. The molecular weight excluding hydrogens is 240 g/mol. The summed E-state index contributed by atoms with van der Waals surface area (Å²) in [6.45, 7) is 1.96. The number of fused-ring (bicyclic) bond motifs is 1. The van der Waals surface area contributed by atoms with Crippen molar-refractivity contribution in [2.75, 3.05) is 0 Å². The van der Waals surface area contributed by atoms with Gasteiger partial charge in [0.25, 0.3) is 0 Å². The zero-order valence-electron chi connectivity index (χ0n) is 8.88. The van der Waals surface area contributed by atoms with Crippen LogP contribution in [-0.4, -0.2) is 20.6 Å². The molecule has 0 aliphatic carbocycles. The Balaban J connectivity index is 2.22. The molecule has 17 heavy (non-hydrogen) atoms. The zero-order chi connectivity index (χ0) is 12.0. The summed E-state index contributed by atoms with van der Waals surface area (Å²) in [5.74, 6) is -0.617. The van der Waals surface area contributed by atoms with Crippen molar-refractivity contribution in [2.24, 2.45) is 0 Å². The first kappa shape index (κ1) is 10.1. The van der Waals surface area contributed by atoms with Gasteiger partial charge in [-0.1, -0.05) is 5.16 Å². The van der Waals surface area contributed by atoms with E-state index in [9.17, 15) is 4.79 Å². The van der Waals surface area contributed by atoms with Crippen molar-refractivity contribution < 1.29 is 14.4 Å². The van der Waals surface area contributed by atoms with Gasteiger partial charge in [0.2, 0.25) is 0 Å². The predicted molar refractivity (Wildman–Crippen MR) is 62.5 cm³/mol. The molecule has 5 nitrogen and oxygen atoms in total. The fourth-order valence-corrected chi connectivity index (χ4v) is 2.66. The van der Waals surface area contributed by atoms with E-state index in [1.54, 1.807) is 11.3 Å². The predicted octanol–water partition coefficient (Wildman–Crippen LogP) is 2.66. The van der Waals surface area contributed by atoms with E-state index >= 15 is 0 Å². The minimum absolute atomic E-state index is 0.0791. The Kier molecular flexibility index (Phi) is 2.05. The summed E-state index contributed by atoms with van der Waals surface area (Å²) >= 11 is 1.61. The molecule has 0 aromatic carbocycles. The Morgan fingerprint density at radius 3 is 3.06 bits per heavy atom. The number of carbonyl (C=O) groups is 1. The van der Waals surface area contributed by atoms with E-state index in [0.717, 1.165) is 16.1 Å². The van der Waals surface area contributed by atoms with Crippen molar-refractivity contribution in [3.63, 3.8) is 0 Å². The average molecular weight is 248 g/mol. The molecule has 0 aliphatic heterocycles. The zero-order valence-corrected chi connectivity index (χ0v) is 9.69. The van der Waals surface area contributed by atoms with Crippen LogP contribution in [0.5, 0.6) is 0 Å². The second-order valence-electron chi connectivity index (χ2n) is 3.67. The Labute approximate surface area is 99.9 Å². The third kappa shape index (κ3) is 1.45. The number of rotatable bonds is 2. The summed E-state index contributed by atoms with van der Waals surface area (Å²) in [4.78, 5) is 11.8. The molecule has 0 bridgehead atoms. The highest BCUT2D eigenvalue weighted by molar-refractivity contribution is 7.15. The largest absolute Gasteiger partial charge is 0.476 e. The molecule has 6 heteroatoms. The fourth-order valence-electron chi connectivity index (χ4n) is 1.82. The number of nitrogens with zero attached hydrogens (tertiary/aromatic N) is 2. The molecule has 86 valence electrons. The van der Waals surface area contributed by atoms with Gasteiger partial charge in [0.15, 0.2) is 11.5 Å². The van der Waals surface area contributed by atoms with Crippen LogP contribution in [0.15, 0.2) is 28.2 Å². The highest BCUT2D eigenvalue weighted by atomic mass is 32.1. The average Bonchev–Trinajstić information content (AvgIpc) is 2.91. The molecule has 0 atom stereocenters. The number of carboxylic acids is 1. The van der Waals surface area contributed by atoms with E-state index in [0.29, 0.717) is 5.76 Å². The molecular formula is C11H8N2O3S. The summed E-state index contributed by atoms with van der Waals surface area (Å²) in [7, 11) is 0. The van der Waals surface area contributed by atoms with Gasteiger partial charge in [-0.05, 0) is 18.6 Å². The highest BCUT2D eigenvalue weighted by Crippen LogP contribution is 2.29. The van der Waals surface area contributed by atoms with Crippen LogP contribution in [-0.2, 0) is 0 Å². The fraction of sp³-hybridized carbons (Fsp3) is 0.0909. The Morgan fingerprint density at radius 2 is 2.35 bits per heavy atom. The number of carboxylic acid groups (broad SMARTS) is 1. The third-order valence-electron chi connectivity index (χ3n) is 2.55. The minimum Gasteiger partial charge on any atom is -0.476 e. The Morgan fingerprint density at radius 1 is 1.53 bits per heavy atom. The van der Waals surface area contributed by atoms with Crippen LogP contribution in [0.1, 0.15) is 16.1 Å². The number of hydrogen-bond donors (Lipinski definition) is 1. The van der Waals surface area contributed by atoms with Crippen LogP contribution in [0.2, 0.25) is 0 Å². The van der Waals surface area contributed by atoms with Crippen molar-refractivity contribution in [3.8, 4) is 11.5 Å². The van der Waals surface area contributed by atoms with Crippen molar-refractivity contribution in [1.29, 1.82) is 0 Å². The first-order chi connectivity index (χ1) is 8.16. The van der Waals surface area contributed by atoms with E-state index in [1.165, 1.54) is 6.07 Å². The maximum absolute atomic E-state index is 10.8. The van der Waals surface area contributed by atoms with Gasteiger partial charge in [0.1, 0.15) is 0 Å². The van der Waals surface area contributed by atoms with E-state index < -0.39 is 5.97 Å². The van der Waals surface area contributed by atoms with Crippen LogP contribution in [0.25, 0.3) is 16.3 Å². The number of aromatic nitrogens is 2. The van der Waals surface area contributed by atoms with Gasteiger partial charge < -0.3 is 14.0 Å².